The van der Waals surface area contributed by atoms with Gasteiger partial charge in [0.25, 0.3) is 0 Å². The Morgan fingerprint density at radius 1 is 1.32 bits per heavy atom. The molecule has 0 aliphatic carbocycles. The van der Waals surface area contributed by atoms with Crippen LogP contribution in [-0.2, 0) is 19.7 Å². The lowest BCUT2D eigenvalue weighted by Gasteiger charge is -2.31. The van der Waals surface area contributed by atoms with E-state index < -0.39 is 17.7 Å². The van der Waals surface area contributed by atoms with E-state index >= 15 is 0 Å². The van der Waals surface area contributed by atoms with E-state index in [4.69, 9.17) is 4.74 Å². The second-order valence-corrected chi connectivity index (χ2v) is 8.66. The molecule has 2 unspecified atom stereocenters. The molecule has 3 amide bonds. The Kier molecular flexibility index (Phi) is 5.63. The van der Waals surface area contributed by atoms with E-state index in [-0.39, 0.29) is 23.8 Å². The van der Waals surface area contributed by atoms with Crippen molar-refractivity contribution in [1.29, 1.82) is 0 Å². The third-order valence-electron chi connectivity index (χ3n) is 5.65. The van der Waals surface area contributed by atoms with Gasteiger partial charge in [0.15, 0.2) is 0 Å². The van der Waals surface area contributed by atoms with Gasteiger partial charge in [0.05, 0.1) is 12.1 Å². The molecule has 1 aromatic rings. The number of carbonyl (C=O) groups excluding carboxylic acids is 3. The first-order valence-corrected chi connectivity index (χ1v) is 9.77. The summed E-state index contributed by atoms with van der Waals surface area (Å²) >= 11 is 0. The Bertz CT molecular complexity index is 749. The smallest absolute Gasteiger partial charge is 0.407 e. The van der Waals surface area contributed by atoms with Gasteiger partial charge in [0, 0.05) is 25.9 Å². The first kappa shape index (κ1) is 20.2. The fraction of sp³-hybridized carbons (Fsp3) is 0.571. The fourth-order valence-electron chi connectivity index (χ4n) is 3.86. The molecule has 0 saturated carbocycles. The van der Waals surface area contributed by atoms with E-state index in [0.29, 0.717) is 32.4 Å². The Hall–Kier alpha value is -2.57. The van der Waals surface area contributed by atoms with Crippen molar-refractivity contribution in [3.63, 3.8) is 0 Å². The van der Waals surface area contributed by atoms with Crippen LogP contribution in [0.15, 0.2) is 30.3 Å². The summed E-state index contributed by atoms with van der Waals surface area (Å²) in [7, 11) is 0. The molecule has 3 rings (SSSR count). The summed E-state index contributed by atoms with van der Waals surface area (Å²) in [6, 6.07) is 9.45. The number of nitrogens with one attached hydrogen (secondary N) is 2. The quantitative estimate of drug-likeness (QED) is 0.809. The molecule has 0 bridgehead atoms. The second-order valence-electron chi connectivity index (χ2n) is 8.66. The second kappa shape index (κ2) is 7.81. The number of ether oxygens (including phenoxy) is 1. The van der Waals surface area contributed by atoms with Gasteiger partial charge in [-0.25, -0.2) is 4.79 Å². The maximum Gasteiger partial charge on any atom is 0.407 e. The number of rotatable bonds is 5. The van der Waals surface area contributed by atoms with Crippen LogP contribution in [0.5, 0.6) is 0 Å². The molecule has 0 aromatic heterocycles. The van der Waals surface area contributed by atoms with E-state index in [9.17, 15) is 14.4 Å². The van der Waals surface area contributed by atoms with Crippen LogP contribution in [0.1, 0.15) is 45.6 Å². The number of alkyl carbamates (subject to hydrolysis) is 1. The molecule has 2 aliphatic rings. The van der Waals surface area contributed by atoms with Crippen molar-refractivity contribution in [2.45, 2.75) is 57.0 Å². The van der Waals surface area contributed by atoms with E-state index in [1.165, 1.54) is 0 Å². The minimum atomic E-state index is -0.583. The van der Waals surface area contributed by atoms with Gasteiger partial charge in [-0.2, -0.15) is 0 Å². The van der Waals surface area contributed by atoms with Crippen LogP contribution in [0.25, 0.3) is 0 Å². The van der Waals surface area contributed by atoms with E-state index in [1.54, 1.807) is 0 Å². The molecule has 1 aromatic carbocycles. The van der Waals surface area contributed by atoms with Crippen LogP contribution in [-0.4, -0.2) is 54.1 Å². The number of amides is 3. The lowest BCUT2D eigenvalue weighted by molar-refractivity contribution is -0.132. The first-order chi connectivity index (χ1) is 13.2. The maximum absolute atomic E-state index is 12.9. The molecule has 2 N–H and O–H groups in total. The predicted molar refractivity (Wildman–Crippen MR) is 105 cm³/mol. The van der Waals surface area contributed by atoms with Crippen molar-refractivity contribution in [2.75, 3.05) is 19.7 Å². The number of cyclic esters (lactones) is 1. The van der Waals surface area contributed by atoms with Crippen molar-refractivity contribution in [2.24, 2.45) is 0 Å². The molecule has 2 aliphatic heterocycles. The number of nitrogens with zero attached hydrogens (tertiary/aromatic N) is 1. The summed E-state index contributed by atoms with van der Waals surface area (Å²) in [5, 5.41) is 5.56. The zero-order valence-electron chi connectivity index (χ0n) is 16.8. The van der Waals surface area contributed by atoms with Gasteiger partial charge in [0.2, 0.25) is 11.8 Å². The largest absolute Gasteiger partial charge is 0.449 e. The summed E-state index contributed by atoms with van der Waals surface area (Å²) in [5.74, 6) is -0.135. The number of likely N-dealkylation sites (tertiary alicyclic amines) is 1. The zero-order valence-corrected chi connectivity index (χ0v) is 16.8. The average molecular weight is 387 g/mol. The van der Waals surface area contributed by atoms with Crippen molar-refractivity contribution in [3.05, 3.63) is 35.9 Å². The Balaban J connectivity index is 1.57. The molecular weight excluding hydrogens is 358 g/mol. The summed E-state index contributed by atoms with van der Waals surface area (Å²) in [6.45, 7) is 7.41. The maximum atomic E-state index is 12.9. The minimum absolute atomic E-state index is 0.0891. The highest BCUT2D eigenvalue weighted by molar-refractivity contribution is 5.87. The first-order valence-electron chi connectivity index (χ1n) is 9.77. The van der Waals surface area contributed by atoms with Crippen molar-refractivity contribution in [3.8, 4) is 0 Å². The third-order valence-corrected chi connectivity index (χ3v) is 5.65. The summed E-state index contributed by atoms with van der Waals surface area (Å²) in [4.78, 5) is 38.5. The highest BCUT2D eigenvalue weighted by atomic mass is 16.6. The summed E-state index contributed by atoms with van der Waals surface area (Å²) < 4.78 is 4.80. The van der Waals surface area contributed by atoms with Gasteiger partial charge in [-0.05, 0) is 24.3 Å². The van der Waals surface area contributed by atoms with Crippen LogP contribution < -0.4 is 10.6 Å². The third kappa shape index (κ3) is 4.64. The molecule has 2 atom stereocenters. The van der Waals surface area contributed by atoms with Crippen molar-refractivity contribution < 1.29 is 19.1 Å². The molecule has 7 nitrogen and oxygen atoms in total. The normalized spacial score (nSPS) is 25.0. The molecule has 0 radical (unpaired) electrons. The molecule has 7 heteroatoms. The Morgan fingerprint density at radius 3 is 2.71 bits per heavy atom. The minimum Gasteiger partial charge on any atom is -0.449 e. The topological polar surface area (TPSA) is 87.7 Å². The predicted octanol–water partition coefficient (Wildman–Crippen LogP) is 1.96. The monoisotopic (exact) mass is 387 g/mol. The van der Waals surface area contributed by atoms with E-state index in [2.05, 4.69) is 24.5 Å². The number of benzene rings is 1. The molecular formula is C21H29N3O4. The highest BCUT2D eigenvalue weighted by Crippen LogP contribution is 2.30. The van der Waals surface area contributed by atoms with Crippen LogP contribution in [0, 0.1) is 0 Å². The lowest BCUT2D eigenvalue weighted by Crippen LogP contribution is -2.57. The lowest BCUT2D eigenvalue weighted by atomic mass is 9.81. The molecule has 2 heterocycles. The molecule has 2 fully saturated rings. The standard InChI is InChI=1S/C21H29N3O4/c1-20(2,15-7-5-4-6-8-15)13-17(25)24-11-10-21(3,14-24)23-18(26)16-9-12-28-19(27)22-16/h4-8,16H,9-14H2,1-3H3,(H,22,27)(H,23,26). The van der Waals surface area contributed by atoms with Crippen molar-refractivity contribution in [1.82, 2.24) is 15.5 Å². The number of hydrogen-bond acceptors (Lipinski definition) is 4. The Labute approximate surface area is 165 Å². The molecule has 0 spiro atoms. The van der Waals surface area contributed by atoms with Crippen LogP contribution >= 0.6 is 0 Å². The summed E-state index contributed by atoms with van der Waals surface area (Å²) in [5.41, 5.74) is 0.383. The van der Waals surface area contributed by atoms with Crippen molar-refractivity contribution >= 4 is 17.9 Å². The fourth-order valence-corrected chi connectivity index (χ4v) is 3.86. The van der Waals surface area contributed by atoms with Crippen LogP contribution in [0.3, 0.4) is 0 Å². The Morgan fingerprint density at radius 2 is 2.04 bits per heavy atom. The number of carbonyl (C=O) groups is 3. The van der Waals surface area contributed by atoms with Gasteiger partial charge in [-0.15, -0.1) is 0 Å². The molecule has 152 valence electrons. The van der Waals surface area contributed by atoms with Gasteiger partial charge >= 0.3 is 6.09 Å². The zero-order chi connectivity index (χ0) is 20.4. The molecule has 2 saturated heterocycles. The van der Waals surface area contributed by atoms with Gasteiger partial charge in [-0.3, -0.25) is 9.59 Å². The number of hydrogen-bond donors (Lipinski definition) is 2. The summed E-state index contributed by atoms with van der Waals surface area (Å²) in [6.07, 6.45) is 0.981. The van der Waals surface area contributed by atoms with E-state index in [1.807, 2.05) is 42.2 Å². The van der Waals surface area contributed by atoms with Gasteiger partial charge < -0.3 is 20.3 Å². The highest BCUT2D eigenvalue weighted by Gasteiger charge is 2.40. The molecule has 28 heavy (non-hydrogen) atoms. The van der Waals surface area contributed by atoms with E-state index in [0.717, 1.165) is 5.56 Å². The average Bonchev–Trinajstić information content (AvgIpc) is 3.04. The van der Waals surface area contributed by atoms with Gasteiger partial charge in [-0.1, -0.05) is 44.2 Å². The van der Waals surface area contributed by atoms with Crippen LogP contribution in [0.4, 0.5) is 4.79 Å². The van der Waals surface area contributed by atoms with Gasteiger partial charge in [0.1, 0.15) is 6.04 Å². The van der Waals surface area contributed by atoms with Crippen LogP contribution in [0.2, 0.25) is 0 Å². The SMILES string of the molecule is CC1(NC(=O)C2CCOC(=O)N2)CCN(C(=O)CC(C)(C)c2ccccc2)C1.